The zero-order valence-electron chi connectivity index (χ0n) is 33.3. The second-order valence-electron chi connectivity index (χ2n) is 16.4. The number of para-hydroxylation sites is 1. The predicted octanol–water partition coefficient (Wildman–Crippen LogP) is 15.5. The van der Waals surface area contributed by atoms with Gasteiger partial charge in [0.1, 0.15) is 0 Å². The third-order valence-electron chi connectivity index (χ3n) is 13.2. The molecule has 0 N–H and O–H groups in total. The van der Waals surface area contributed by atoms with E-state index in [2.05, 4.69) is 234 Å². The van der Waals surface area contributed by atoms with Crippen LogP contribution < -0.4 is 0 Å². The van der Waals surface area contributed by atoms with Gasteiger partial charge in [-0.2, -0.15) is 0 Å². The minimum Gasteiger partial charge on any atom is -0.309 e. The standard InChI is InChI=1S/C59H38N2/c1-3-15-38(16-4-1)41-21-13-22-44(35-41)60-55-33-29-43(37-52(55)49-31-32-50-57(40-18-5-2-6-19-40)47-25-9-10-26-48(47)58(50)59(49)60)42-30-34-56-51(36-42)46-24-11-12-27-54(46)61(56)53-28-14-20-39-17-7-8-23-45(39)53/h1-37,57H. The molecule has 61 heavy (non-hydrogen) atoms. The van der Waals surface area contributed by atoms with Gasteiger partial charge in [-0.3, -0.25) is 0 Å². The summed E-state index contributed by atoms with van der Waals surface area (Å²) in [5.74, 6) is 0.164. The maximum Gasteiger partial charge on any atom is 0.0622 e. The molecular weight excluding hydrogens is 737 g/mol. The first-order chi connectivity index (χ1) is 30.3. The Morgan fingerprint density at radius 3 is 1.77 bits per heavy atom. The third kappa shape index (κ3) is 5.09. The number of hydrogen-bond acceptors (Lipinski definition) is 0. The molecule has 1 aliphatic carbocycles. The minimum absolute atomic E-state index is 0.164. The van der Waals surface area contributed by atoms with Gasteiger partial charge in [0.05, 0.1) is 27.8 Å². The van der Waals surface area contributed by atoms with Crippen LogP contribution in [0.25, 0.3) is 99.1 Å². The number of nitrogens with zero attached hydrogens (tertiary/aromatic N) is 2. The molecule has 2 heterocycles. The second kappa shape index (κ2) is 13.3. The molecule has 0 saturated carbocycles. The van der Waals surface area contributed by atoms with Crippen LogP contribution in [0.1, 0.15) is 22.6 Å². The fourth-order valence-corrected chi connectivity index (χ4v) is 10.5. The van der Waals surface area contributed by atoms with Gasteiger partial charge >= 0.3 is 0 Å². The molecule has 2 aromatic heterocycles. The number of fused-ring (bicyclic) bond motifs is 11. The lowest BCUT2D eigenvalue weighted by atomic mass is 9.89. The molecule has 0 saturated heterocycles. The van der Waals surface area contributed by atoms with E-state index < -0.39 is 0 Å². The highest BCUT2D eigenvalue weighted by molar-refractivity contribution is 6.17. The molecule has 0 spiro atoms. The molecule has 1 atom stereocenters. The van der Waals surface area contributed by atoms with Gasteiger partial charge in [-0.05, 0) is 98.4 Å². The zero-order chi connectivity index (χ0) is 40.0. The zero-order valence-corrected chi connectivity index (χ0v) is 33.3. The van der Waals surface area contributed by atoms with E-state index in [9.17, 15) is 0 Å². The number of benzene rings is 10. The maximum atomic E-state index is 2.53. The average Bonchev–Trinajstić information content (AvgIpc) is 3.97. The summed E-state index contributed by atoms with van der Waals surface area (Å²) < 4.78 is 4.98. The number of aromatic nitrogens is 2. The molecule has 2 nitrogen and oxygen atoms in total. The lowest BCUT2D eigenvalue weighted by molar-refractivity contribution is 1.02. The highest BCUT2D eigenvalue weighted by atomic mass is 15.0. The first-order valence-corrected chi connectivity index (χ1v) is 21.2. The number of rotatable bonds is 5. The van der Waals surface area contributed by atoms with Crippen molar-refractivity contribution in [1.29, 1.82) is 0 Å². The van der Waals surface area contributed by atoms with E-state index in [1.807, 2.05) is 0 Å². The Hall–Kier alpha value is -7.94. The van der Waals surface area contributed by atoms with E-state index >= 15 is 0 Å². The van der Waals surface area contributed by atoms with Gasteiger partial charge in [-0.1, -0.05) is 176 Å². The quantitative estimate of drug-likeness (QED) is 0.165. The van der Waals surface area contributed by atoms with Gasteiger partial charge in [-0.15, -0.1) is 0 Å². The summed E-state index contributed by atoms with van der Waals surface area (Å²) in [6.45, 7) is 0. The lowest BCUT2D eigenvalue weighted by Gasteiger charge is -2.15. The van der Waals surface area contributed by atoms with Crippen molar-refractivity contribution < 1.29 is 0 Å². The van der Waals surface area contributed by atoms with Crippen LogP contribution in [0, 0.1) is 0 Å². The van der Waals surface area contributed by atoms with E-state index in [0.717, 1.165) is 5.69 Å². The Bertz CT molecular complexity index is 3690. The molecule has 284 valence electrons. The molecule has 0 amide bonds. The molecule has 10 aromatic carbocycles. The van der Waals surface area contributed by atoms with Gasteiger partial charge < -0.3 is 9.13 Å². The van der Waals surface area contributed by atoms with Crippen LogP contribution in [-0.2, 0) is 0 Å². The molecule has 0 radical (unpaired) electrons. The van der Waals surface area contributed by atoms with Crippen molar-refractivity contribution in [3.63, 3.8) is 0 Å². The Labute approximate surface area is 353 Å². The summed E-state index contributed by atoms with van der Waals surface area (Å²) in [5, 5.41) is 7.51. The van der Waals surface area contributed by atoms with Gasteiger partial charge in [0.2, 0.25) is 0 Å². The molecule has 0 bridgehead atoms. The van der Waals surface area contributed by atoms with Gasteiger partial charge in [0, 0.05) is 44.1 Å². The van der Waals surface area contributed by atoms with Crippen LogP contribution in [0.5, 0.6) is 0 Å². The molecule has 1 unspecified atom stereocenters. The summed E-state index contributed by atoms with van der Waals surface area (Å²) in [6, 6.07) is 82.9. The SMILES string of the molecule is c1ccc(-c2cccc(-n3c4ccc(-c5ccc6c(c5)c5ccccc5n6-c5cccc6ccccc56)cc4c4ccc5c(c43)-c3ccccc3C5c3ccccc3)c2)cc1. The first kappa shape index (κ1) is 34.0. The van der Waals surface area contributed by atoms with E-state index in [1.54, 1.807) is 0 Å². The molecule has 2 heteroatoms. The van der Waals surface area contributed by atoms with Crippen LogP contribution in [0.15, 0.2) is 224 Å². The Kier molecular flexibility index (Phi) is 7.40. The second-order valence-corrected chi connectivity index (χ2v) is 16.4. The Balaban J connectivity index is 1.06. The van der Waals surface area contributed by atoms with Crippen LogP contribution in [-0.4, -0.2) is 9.13 Å². The van der Waals surface area contributed by atoms with Crippen molar-refractivity contribution in [3.05, 3.63) is 241 Å². The van der Waals surface area contributed by atoms with Gasteiger partial charge in [0.15, 0.2) is 0 Å². The average molecular weight is 775 g/mol. The van der Waals surface area contributed by atoms with Crippen LogP contribution in [0.3, 0.4) is 0 Å². The predicted molar refractivity (Wildman–Crippen MR) is 256 cm³/mol. The topological polar surface area (TPSA) is 9.86 Å². The maximum absolute atomic E-state index is 2.53. The lowest BCUT2D eigenvalue weighted by Crippen LogP contribution is -1.99. The van der Waals surface area contributed by atoms with Crippen LogP contribution in [0.2, 0.25) is 0 Å². The highest BCUT2D eigenvalue weighted by Crippen LogP contribution is 2.53. The summed E-state index contributed by atoms with van der Waals surface area (Å²) in [5.41, 5.74) is 18.7. The molecule has 0 aliphatic heterocycles. The monoisotopic (exact) mass is 774 g/mol. The number of hydrogen-bond donors (Lipinski definition) is 0. The van der Waals surface area contributed by atoms with E-state index in [0.29, 0.717) is 0 Å². The normalized spacial score (nSPS) is 13.4. The van der Waals surface area contributed by atoms with Crippen molar-refractivity contribution in [1.82, 2.24) is 9.13 Å². The minimum atomic E-state index is 0.164. The van der Waals surface area contributed by atoms with Crippen LogP contribution >= 0.6 is 0 Å². The molecule has 13 rings (SSSR count). The van der Waals surface area contributed by atoms with Crippen molar-refractivity contribution in [2.24, 2.45) is 0 Å². The van der Waals surface area contributed by atoms with E-state index in [4.69, 9.17) is 0 Å². The molecule has 1 aliphatic rings. The summed E-state index contributed by atoms with van der Waals surface area (Å²) in [6.07, 6.45) is 0. The molecular formula is C59H38N2. The fourth-order valence-electron chi connectivity index (χ4n) is 10.5. The Morgan fingerprint density at radius 1 is 0.328 bits per heavy atom. The Morgan fingerprint density at radius 2 is 0.934 bits per heavy atom. The van der Waals surface area contributed by atoms with Gasteiger partial charge in [-0.25, -0.2) is 0 Å². The van der Waals surface area contributed by atoms with Crippen molar-refractivity contribution in [2.75, 3.05) is 0 Å². The largest absolute Gasteiger partial charge is 0.309 e. The fraction of sp³-hybridized carbons (Fsp3) is 0.0169. The van der Waals surface area contributed by atoms with E-state index in [1.165, 1.54) is 110 Å². The summed E-state index contributed by atoms with van der Waals surface area (Å²) in [4.78, 5) is 0. The third-order valence-corrected chi connectivity index (χ3v) is 13.2. The van der Waals surface area contributed by atoms with Crippen molar-refractivity contribution in [2.45, 2.75) is 5.92 Å². The summed E-state index contributed by atoms with van der Waals surface area (Å²) >= 11 is 0. The smallest absolute Gasteiger partial charge is 0.0622 e. The highest BCUT2D eigenvalue weighted by Gasteiger charge is 2.33. The van der Waals surface area contributed by atoms with Crippen molar-refractivity contribution >= 4 is 54.4 Å². The van der Waals surface area contributed by atoms with Gasteiger partial charge in [0.25, 0.3) is 0 Å². The molecule has 0 fully saturated rings. The van der Waals surface area contributed by atoms with Crippen molar-refractivity contribution in [3.8, 4) is 44.8 Å². The molecule has 12 aromatic rings. The summed E-state index contributed by atoms with van der Waals surface area (Å²) in [7, 11) is 0. The van der Waals surface area contributed by atoms with Crippen LogP contribution in [0.4, 0.5) is 0 Å². The van der Waals surface area contributed by atoms with E-state index in [-0.39, 0.29) is 5.92 Å². The first-order valence-electron chi connectivity index (χ1n) is 21.2.